The van der Waals surface area contributed by atoms with E-state index >= 15 is 0 Å². The van der Waals surface area contributed by atoms with Gasteiger partial charge >= 0.3 is 0 Å². The van der Waals surface area contributed by atoms with Crippen LogP contribution in [0.2, 0.25) is 0 Å². The molecule has 0 radical (unpaired) electrons. The lowest BCUT2D eigenvalue weighted by molar-refractivity contribution is -0.120. The van der Waals surface area contributed by atoms with Crippen molar-refractivity contribution in [3.63, 3.8) is 0 Å². The highest BCUT2D eigenvalue weighted by atomic mass is 16.5. The second kappa shape index (κ2) is 5.22. The second-order valence-electron chi connectivity index (χ2n) is 5.75. The van der Waals surface area contributed by atoms with E-state index in [1.807, 2.05) is 17.9 Å². The summed E-state index contributed by atoms with van der Waals surface area (Å²) in [6, 6.07) is 3.55. The fraction of sp³-hybridized carbons (Fsp3) is 0.667. The van der Waals surface area contributed by atoms with Gasteiger partial charge in [-0.25, -0.2) is 0 Å². The third-order valence-electron chi connectivity index (χ3n) is 4.43. The van der Waals surface area contributed by atoms with E-state index in [0.29, 0.717) is 24.8 Å². The van der Waals surface area contributed by atoms with Crippen LogP contribution in [-0.4, -0.2) is 49.8 Å². The van der Waals surface area contributed by atoms with E-state index in [4.69, 9.17) is 13.9 Å². The van der Waals surface area contributed by atoms with Crippen molar-refractivity contribution in [3.8, 4) is 0 Å². The Morgan fingerprint density at radius 3 is 2.95 bits per heavy atom. The maximum absolute atomic E-state index is 12.3. The molecular weight excluding hydrogens is 258 g/mol. The quantitative estimate of drug-likeness (QED) is 0.844. The topological polar surface area (TPSA) is 51.9 Å². The predicted octanol–water partition coefficient (Wildman–Crippen LogP) is 1.86. The highest BCUT2D eigenvalue weighted by Gasteiger charge is 2.54. The predicted molar refractivity (Wildman–Crippen MR) is 72.6 cm³/mol. The third kappa shape index (κ3) is 2.25. The Morgan fingerprint density at radius 1 is 1.50 bits per heavy atom. The van der Waals surface area contributed by atoms with Crippen molar-refractivity contribution in [2.45, 2.75) is 25.4 Å². The van der Waals surface area contributed by atoms with Crippen LogP contribution >= 0.6 is 0 Å². The van der Waals surface area contributed by atoms with E-state index in [1.54, 1.807) is 13.2 Å². The lowest BCUT2D eigenvalue weighted by Crippen LogP contribution is -2.66. The molecule has 0 aliphatic carbocycles. The Hall–Kier alpha value is -1.33. The lowest BCUT2D eigenvalue weighted by atomic mass is 9.79. The van der Waals surface area contributed by atoms with E-state index in [2.05, 4.69) is 0 Å². The zero-order valence-corrected chi connectivity index (χ0v) is 12.1. The van der Waals surface area contributed by atoms with Gasteiger partial charge in [-0.2, -0.15) is 0 Å². The molecule has 0 saturated carbocycles. The Bertz CT molecular complexity index is 490. The highest BCUT2D eigenvalue weighted by Crippen LogP contribution is 2.42. The van der Waals surface area contributed by atoms with Crippen molar-refractivity contribution in [1.82, 2.24) is 4.90 Å². The van der Waals surface area contributed by atoms with Gasteiger partial charge in [0.25, 0.3) is 5.91 Å². The van der Waals surface area contributed by atoms with E-state index in [1.165, 1.54) is 0 Å². The fourth-order valence-electron chi connectivity index (χ4n) is 3.25. The van der Waals surface area contributed by atoms with Crippen molar-refractivity contribution in [2.24, 2.45) is 5.92 Å². The number of likely N-dealkylation sites (tertiary alicyclic amines) is 1. The van der Waals surface area contributed by atoms with Crippen LogP contribution in [0.15, 0.2) is 16.5 Å². The molecule has 110 valence electrons. The molecule has 1 atom stereocenters. The summed E-state index contributed by atoms with van der Waals surface area (Å²) in [6.45, 7) is 4.71. The zero-order valence-electron chi connectivity index (χ0n) is 12.1. The molecule has 1 aromatic heterocycles. The first-order valence-electron chi connectivity index (χ1n) is 7.13. The van der Waals surface area contributed by atoms with Crippen LogP contribution in [0.3, 0.4) is 0 Å². The van der Waals surface area contributed by atoms with Crippen molar-refractivity contribution in [1.29, 1.82) is 0 Å². The smallest absolute Gasteiger partial charge is 0.289 e. The van der Waals surface area contributed by atoms with Gasteiger partial charge in [0.05, 0.1) is 13.1 Å². The Kier molecular flexibility index (Phi) is 3.56. The summed E-state index contributed by atoms with van der Waals surface area (Å²) >= 11 is 0. The molecule has 1 spiro atoms. The number of aryl methyl sites for hydroxylation is 1. The molecule has 20 heavy (non-hydrogen) atoms. The van der Waals surface area contributed by atoms with E-state index < -0.39 is 0 Å². The summed E-state index contributed by atoms with van der Waals surface area (Å²) in [5, 5.41) is 0. The Balaban J connectivity index is 1.61. The molecule has 2 fully saturated rings. The van der Waals surface area contributed by atoms with E-state index in [-0.39, 0.29) is 11.5 Å². The number of hydrogen-bond donors (Lipinski definition) is 0. The van der Waals surface area contributed by atoms with Gasteiger partial charge in [-0.15, -0.1) is 0 Å². The number of rotatable bonds is 4. The van der Waals surface area contributed by atoms with Gasteiger partial charge in [0.2, 0.25) is 0 Å². The Labute approximate surface area is 118 Å². The molecule has 0 aromatic carbocycles. The number of nitrogens with zero attached hydrogens (tertiary/aromatic N) is 1. The number of amides is 1. The third-order valence-corrected chi connectivity index (χ3v) is 4.43. The van der Waals surface area contributed by atoms with E-state index in [0.717, 1.165) is 31.8 Å². The van der Waals surface area contributed by atoms with Crippen LogP contribution in [-0.2, 0) is 9.47 Å². The van der Waals surface area contributed by atoms with Gasteiger partial charge < -0.3 is 18.8 Å². The molecule has 0 N–H and O–H groups in total. The van der Waals surface area contributed by atoms with Gasteiger partial charge in [-0.05, 0) is 37.8 Å². The van der Waals surface area contributed by atoms with Crippen LogP contribution in [0.4, 0.5) is 0 Å². The highest BCUT2D eigenvalue weighted by molar-refractivity contribution is 5.92. The van der Waals surface area contributed by atoms with Crippen LogP contribution in [0.1, 0.15) is 29.2 Å². The first-order chi connectivity index (χ1) is 9.64. The van der Waals surface area contributed by atoms with Crippen LogP contribution < -0.4 is 0 Å². The molecule has 2 aliphatic rings. The van der Waals surface area contributed by atoms with Gasteiger partial charge in [0, 0.05) is 20.3 Å². The molecule has 0 unspecified atom stereocenters. The summed E-state index contributed by atoms with van der Waals surface area (Å²) in [5.41, 5.74) is -0.143. The number of carbonyl (C=O) groups is 1. The van der Waals surface area contributed by atoms with Crippen LogP contribution in [0.5, 0.6) is 0 Å². The number of furan rings is 1. The molecule has 3 heterocycles. The normalized spacial score (nSPS) is 24.1. The first-order valence-corrected chi connectivity index (χ1v) is 7.13. The SMILES string of the molecule is COCC[C@@H]1CCOC12CN(C(=O)c1ccc(C)o1)C2. The molecule has 5 heteroatoms. The minimum atomic E-state index is -0.143. The average Bonchev–Trinajstić information content (AvgIpc) is 2.99. The molecule has 2 aliphatic heterocycles. The summed E-state index contributed by atoms with van der Waals surface area (Å²) in [6.07, 6.45) is 2.06. The van der Waals surface area contributed by atoms with Gasteiger partial charge in [-0.3, -0.25) is 4.79 Å². The van der Waals surface area contributed by atoms with Crippen molar-refractivity contribution < 1.29 is 18.7 Å². The fourth-order valence-corrected chi connectivity index (χ4v) is 3.25. The minimum Gasteiger partial charge on any atom is -0.456 e. The molecule has 1 amide bonds. The standard InChI is InChI=1S/C15H21NO4/c1-11-3-4-13(20-11)14(17)16-9-15(10-16)12(5-7-18-2)6-8-19-15/h3-4,12H,5-10H2,1-2H3/t12-/m1/s1. The molecule has 5 nitrogen and oxygen atoms in total. The van der Waals surface area contributed by atoms with Crippen molar-refractivity contribution in [3.05, 3.63) is 23.7 Å². The number of ether oxygens (including phenoxy) is 2. The van der Waals surface area contributed by atoms with Crippen LogP contribution in [0, 0.1) is 12.8 Å². The molecule has 3 rings (SSSR count). The molecular formula is C15H21NO4. The van der Waals surface area contributed by atoms with Gasteiger partial charge in [0.1, 0.15) is 11.4 Å². The molecule has 2 saturated heterocycles. The number of methoxy groups -OCH3 is 1. The summed E-state index contributed by atoms with van der Waals surface area (Å²) in [4.78, 5) is 14.1. The van der Waals surface area contributed by atoms with Gasteiger partial charge in [-0.1, -0.05) is 0 Å². The Morgan fingerprint density at radius 2 is 2.30 bits per heavy atom. The molecule has 1 aromatic rings. The largest absolute Gasteiger partial charge is 0.456 e. The second-order valence-corrected chi connectivity index (χ2v) is 5.75. The minimum absolute atomic E-state index is 0.0373. The lowest BCUT2D eigenvalue weighted by Gasteiger charge is -2.50. The maximum atomic E-state index is 12.3. The van der Waals surface area contributed by atoms with Crippen LogP contribution in [0.25, 0.3) is 0 Å². The first kappa shape index (κ1) is 13.6. The summed E-state index contributed by atoms with van der Waals surface area (Å²) in [7, 11) is 1.72. The maximum Gasteiger partial charge on any atom is 0.289 e. The van der Waals surface area contributed by atoms with Crippen molar-refractivity contribution in [2.75, 3.05) is 33.4 Å². The zero-order chi connectivity index (χ0) is 14.2. The summed E-state index contributed by atoms with van der Waals surface area (Å²) < 4.78 is 16.5. The number of hydrogen-bond acceptors (Lipinski definition) is 4. The van der Waals surface area contributed by atoms with E-state index in [9.17, 15) is 4.79 Å². The number of carbonyl (C=O) groups excluding carboxylic acids is 1. The average molecular weight is 279 g/mol. The van der Waals surface area contributed by atoms with Crippen molar-refractivity contribution >= 4 is 5.91 Å². The molecule has 0 bridgehead atoms. The monoisotopic (exact) mass is 279 g/mol. The summed E-state index contributed by atoms with van der Waals surface area (Å²) in [5.74, 6) is 1.64. The van der Waals surface area contributed by atoms with Gasteiger partial charge in [0.15, 0.2) is 5.76 Å².